The van der Waals surface area contributed by atoms with E-state index < -0.39 is 0 Å². The summed E-state index contributed by atoms with van der Waals surface area (Å²) in [6.45, 7) is 6.24. The molecule has 0 fully saturated rings. The summed E-state index contributed by atoms with van der Waals surface area (Å²) >= 11 is 0. The number of nitrogens with two attached hydrogens (primary N) is 1. The normalized spacial score (nSPS) is 11.5. The molecule has 15 heavy (non-hydrogen) atoms. The third kappa shape index (κ3) is 4.07. The van der Waals surface area contributed by atoms with Gasteiger partial charge in [-0.1, -0.05) is 0 Å². The predicted molar refractivity (Wildman–Crippen MR) is 55.8 cm³/mol. The third-order valence-electron chi connectivity index (χ3n) is 1.59. The Balaban J connectivity index is 2.51. The fourth-order valence-corrected chi connectivity index (χ4v) is 1.11. The Morgan fingerprint density at radius 3 is 2.73 bits per heavy atom. The van der Waals surface area contributed by atoms with Crippen molar-refractivity contribution in [2.24, 2.45) is 5.73 Å². The van der Waals surface area contributed by atoms with Crippen LogP contribution >= 0.6 is 0 Å². The molecule has 1 heterocycles. The minimum atomic E-state index is -0.228. The summed E-state index contributed by atoms with van der Waals surface area (Å²) in [7, 11) is 0. The van der Waals surface area contributed by atoms with Crippen LogP contribution in [0.4, 0.5) is 0 Å². The van der Waals surface area contributed by atoms with E-state index >= 15 is 0 Å². The van der Waals surface area contributed by atoms with Crippen molar-refractivity contribution >= 4 is 5.91 Å². The van der Waals surface area contributed by atoms with Crippen LogP contribution in [-0.2, 0) is 17.9 Å². The lowest BCUT2D eigenvalue weighted by atomic mass is 10.1. The summed E-state index contributed by atoms with van der Waals surface area (Å²) in [6.07, 6.45) is 1.50. The van der Waals surface area contributed by atoms with Crippen molar-refractivity contribution in [1.82, 2.24) is 20.1 Å². The van der Waals surface area contributed by atoms with Crippen LogP contribution in [0, 0.1) is 0 Å². The highest BCUT2D eigenvalue weighted by Gasteiger charge is 2.14. The number of nitrogens with zero attached hydrogens (tertiary/aromatic N) is 3. The van der Waals surface area contributed by atoms with Crippen LogP contribution in [0.5, 0.6) is 0 Å². The summed E-state index contributed by atoms with van der Waals surface area (Å²) in [5, 5.41) is 6.85. The first-order chi connectivity index (χ1) is 6.90. The maximum Gasteiger partial charge on any atom is 0.242 e. The first-order valence-corrected chi connectivity index (χ1v) is 4.80. The van der Waals surface area contributed by atoms with E-state index in [2.05, 4.69) is 15.4 Å². The molecule has 0 saturated heterocycles. The fourth-order valence-electron chi connectivity index (χ4n) is 1.11. The first kappa shape index (κ1) is 11.6. The zero-order valence-electron chi connectivity index (χ0n) is 9.32. The van der Waals surface area contributed by atoms with Gasteiger partial charge >= 0.3 is 0 Å². The highest BCUT2D eigenvalue weighted by molar-refractivity contribution is 5.76. The standard InChI is InChI=1S/C9H17N5O/c1-9(2,3)12-8(15)5-14-6-11-7(4-10)13-14/h6H,4-5,10H2,1-3H3,(H,12,15). The van der Waals surface area contributed by atoms with E-state index in [1.165, 1.54) is 11.0 Å². The van der Waals surface area contributed by atoms with Crippen molar-refractivity contribution < 1.29 is 4.79 Å². The van der Waals surface area contributed by atoms with Gasteiger partial charge in [-0.15, -0.1) is 0 Å². The molecule has 0 aliphatic heterocycles. The largest absolute Gasteiger partial charge is 0.350 e. The molecule has 84 valence electrons. The Morgan fingerprint density at radius 2 is 2.27 bits per heavy atom. The monoisotopic (exact) mass is 211 g/mol. The highest BCUT2D eigenvalue weighted by atomic mass is 16.2. The van der Waals surface area contributed by atoms with Gasteiger partial charge in [-0.3, -0.25) is 4.79 Å². The third-order valence-corrected chi connectivity index (χ3v) is 1.59. The second-order valence-electron chi connectivity index (χ2n) is 4.36. The van der Waals surface area contributed by atoms with Crippen molar-refractivity contribution in [3.05, 3.63) is 12.2 Å². The van der Waals surface area contributed by atoms with E-state index in [0.29, 0.717) is 5.82 Å². The SMILES string of the molecule is CC(C)(C)NC(=O)Cn1cnc(CN)n1. The van der Waals surface area contributed by atoms with Crippen molar-refractivity contribution in [1.29, 1.82) is 0 Å². The molecule has 1 amide bonds. The van der Waals surface area contributed by atoms with E-state index in [-0.39, 0.29) is 24.5 Å². The van der Waals surface area contributed by atoms with Gasteiger partial charge in [0, 0.05) is 5.54 Å². The second kappa shape index (κ2) is 4.39. The van der Waals surface area contributed by atoms with Crippen molar-refractivity contribution in [3.63, 3.8) is 0 Å². The first-order valence-electron chi connectivity index (χ1n) is 4.80. The molecular weight excluding hydrogens is 194 g/mol. The summed E-state index contributed by atoms with van der Waals surface area (Å²) in [5.41, 5.74) is 5.13. The van der Waals surface area contributed by atoms with Crippen molar-refractivity contribution in [2.45, 2.75) is 39.4 Å². The number of hydrogen-bond donors (Lipinski definition) is 2. The van der Waals surface area contributed by atoms with E-state index in [1.807, 2.05) is 20.8 Å². The molecule has 0 aliphatic carbocycles. The highest BCUT2D eigenvalue weighted by Crippen LogP contribution is 1.98. The van der Waals surface area contributed by atoms with Crippen LogP contribution in [0.15, 0.2) is 6.33 Å². The minimum absolute atomic E-state index is 0.0871. The lowest BCUT2D eigenvalue weighted by molar-refractivity contribution is -0.123. The molecule has 0 radical (unpaired) electrons. The van der Waals surface area contributed by atoms with Gasteiger partial charge in [0.05, 0.1) is 6.54 Å². The number of carbonyl (C=O) groups is 1. The number of nitrogens with one attached hydrogen (secondary N) is 1. The van der Waals surface area contributed by atoms with Crippen LogP contribution in [0.1, 0.15) is 26.6 Å². The molecule has 0 spiro atoms. The molecule has 1 aromatic heterocycles. The Labute approximate surface area is 88.9 Å². The van der Waals surface area contributed by atoms with Gasteiger partial charge in [0.25, 0.3) is 0 Å². The van der Waals surface area contributed by atoms with Crippen LogP contribution in [0.2, 0.25) is 0 Å². The number of hydrogen-bond acceptors (Lipinski definition) is 4. The van der Waals surface area contributed by atoms with Gasteiger partial charge < -0.3 is 11.1 Å². The maximum atomic E-state index is 11.5. The molecule has 1 rings (SSSR count). The van der Waals surface area contributed by atoms with E-state index in [1.54, 1.807) is 0 Å². The van der Waals surface area contributed by atoms with Crippen LogP contribution in [-0.4, -0.2) is 26.2 Å². The molecule has 0 atom stereocenters. The molecular formula is C9H17N5O. The Hall–Kier alpha value is -1.43. The summed E-state index contributed by atoms with van der Waals surface area (Å²) < 4.78 is 1.48. The fraction of sp³-hybridized carbons (Fsp3) is 0.667. The summed E-state index contributed by atoms with van der Waals surface area (Å²) in [5.74, 6) is 0.453. The number of amides is 1. The van der Waals surface area contributed by atoms with Gasteiger partial charge in [-0.2, -0.15) is 5.10 Å². The van der Waals surface area contributed by atoms with Gasteiger partial charge in [0.1, 0.15) is 12.9 Å². The van der Waals surface area contributed by atoms with Gasteiger partial charge in [-0.25, -0.2) is 9.67 Å². The zero-order valence-corrected chi connectivity index (χ0v) is 9.32. The maximum absolute atomic E-state index is 11.5. The molecule has 0 saturated carbocycles. The molecule has 0 aliphatic rings. The van der Waals surface area contributed by atoms with Gasteiger partial charge in [0.2, 0.25) is 5.91 Å². The van der Waals surface area contributed by atoms with Crippen LogP contribution in [0.3, 0.4) is 0 Å². The van der Waals surface area contributed by atoms with Crippen LogP contribution < -0.4 is 11.1 Å². The van der Waals surface area contributed by atoms with Gasteiger partial charge in [0.15, 0.2) is 5.82 Å². The van der Waals surface area contributed by atoms with E-state index in [4.69, 9.17) is 5.73 Å². The average Bonchev–Trinajstić information content (AvgIpc) is 2.48. The van der Waals surface area contributed by atoms with Crippen LogP contribution in [0.25, 0.3) is 0 Å². The van der Waals surface area contributed by atoms with E-state index in [9.17, 15) is 4.79 Å². The molecule has 6 nitrogen and oxygen atoms in total. The lowest BCUT2D eigenvalue weighted by Crippen LogP contribution is -2.42. The summed E-state index contributed by atoms with van der Waals surface area (Å²) in [6, 6.07) is 0. The molecule has 1 aromatic rings. The Kier molecular flexibility index (Phi) is 3.41. The predicted octanol–water partition coefficient (Wildman–Crippen LogP) is -0.348. The smallest absolute Gasteiger partial charge is 0.242 e. The molecule has 6 heteroatoms. The topological polar surface area (TPSA) is 85.8 Å². The molecule has 0 bridgehead atoms. The number of aromatic nitrogens is 3. The van der Waals surface area contributed by atoms with Crippen molar-refractivity contribution in [3.8, 4) is 0 Å². The quantitative estimate of drug-likeness (QED) is 0.715. The average molecular weight is 211 g/mol. The Morgan fingerprint density at radius 1 is 1.60 bits per heavy atom. The number of carbonyl (C=O) groups excluding carboxylic acids is 1. The van der Waals surface area contributed by atoms with Crippen molar-refractivity contribution in [2.75, 3.05) is 0 Å². The minimum Gasteiger partial charge on any atom is -0.350 e. The zero-order chi connectivity index (χ0) is 11.5. The second-order valence-corrected chi connectivity index (χ2v) is 4.36. The summed E-state index contributed by atoms with van der Waals surface area (Å²) in [4.78, 5) is 15.4. The molecule has 0 unspecified atom stereocenters. The Bertz CT molecular complexity index is 339. The van der Waals surface area contributed by atoms with Gasteiger partial charge in [-0.05, 0) is 20.8 Å². The number of rotatable bonds is 3. The molecule has 3 N–H and O–H groups in total. The van der Waals surface area contributed by atoms with E-state index in [0.717, 1.165) is 0 Å². The molecule has 0 aromatic carbocycles. The lowest BCUT2D eigenvalue weighted by Gasteiger charge is -2.20.